The Hall–Kier alpha value is -1.26. The van der Waals surface area contributed by atoms with Crippen molar-refractivity contribution in [1.29, 1.82) is 0 Å². The molecule has 1 rings (SSSR count). The van der Waals surface area contributed by atoms with Gasteiger partial charge in [-0.1, -0.05) is 5.16 Å². The first-order valence-corrected chi connectivity index (χ1v) is 3.86. The maximum Gasteiger partial charge on any atom is 0.377 e. The highest BCUT2D eigenvalue weighted by Crippen LogP contribution is 2.17. The average Bonchev–Trinajstić information content (AvgIpc) is 2.69. The maximum absolute atomic E-state index is 11.0. The summed E-state index contributed by atoms with van der Waals surface area (Å²) < 4.78 is 4.67. The van der Waals surface area contributed by atoms with Crippen LogP contribution in [0.4, 0.5) is 0 Å². The van der Waals surface area contributed by atoms with Crippen molar-refractivity contribution in [3.05, 3.63) is 0 Å². The Labute approximate surface area is 70.6 Å². The van der Waals surface area contributed by atoms with Crippen LogP contribution in [0.15, 0.2) is 5.16 Å². The molecule has 1 heterocycles. The first kappa shape index (κ1) is 8.83. The van der Waals surface area contributed by atoms with Gasteiger partial charge in [0.2, 0.25) is 0 Å². The Bertz CT molecular complexity index is 215. The lowest BCUT2D eigenvalue weighted by Gasteiger charge is -2.04. The number of oxime groups is 1. The summed E-state index contributed by atoms with van der Waals surface area (Å²) >= 11 is 0. The van der Waals surface area contributed by atoms with E-state index in [2.05, 4.69) is 9.89 Å². The summed E-state index contributed by atoms with van der Waals surface area (Å²) in [6, 6.07) is 0.278. The van der Waals surface area contributed by atoms with Crippen LogP contribution in [0.3, 0.4) is 0 Å². The van der Waals surface area contributed by atoms with Crippen LogP contribution in [0.5, 0.6) is 0 Å². The third-order valence-corrected chi connectivity index (χ3v) is 1.68. The summed E-state index contributed by atoms with van der Waals surface area (Å²) in [5.74, 6) is -0.561. The second-order valence-corrected chi connectivity index (χ2v) is 2.65. The van der Waals surface area contributed by atoms with Crippen LogP contribution in [0, 0.1) is 0 Å². The fourth-order valence-corrected chi connectivity index (χ4v) is 0.944. The molecule has 0 aromatic rings. The summed E-state index contributed by atoms with van der Waals surface area (Å²) in [4.78, 5) is 12.7. The van der Waals surface area contributed by atoms with Gasteiger partial charge in [-0.15, -0.1) is 0 Å². The Morgan fingerprint density at radius 2 is 2.42 bits per heavy atom. The number of ether oxygens (including phenoxy) is 1. The summed E-state index contributed by atoms with van der Waals surface area (Å²) in [5, 5.41) is 11.4. The van der Waals surface area contributed by atoms with Gasteiger partial charge in [0.05, 0.1) is 6.61 Å². The van der Waals surface area contributed by atoms with Crippen molar-refractivity contribution in [2.45, 2.75) is 19.9 Å². The molecule has 0 amide bonds. The van der Waals surface area contributed by atoms with Gasteiger partial charge in [-0.25, -0.2) is 4.79 Å². The molecule has 0 aromatic carbocycles. The lowest BCUT2D eigenvalue weighted by molar-refractivity contribution is -0.135. The van der Waals surface area contributed by atoms with Gasteiger partial charge in [0.1, 0.15) is 0 Å². The SMILES string of the molecule is CCOC(=O)/C(=N/O)N1CC1C. The number of esters is 1. The van der Waals surface area contributed by atoms with Crippen molar-refractivity contribution in [1.82, 2.24) is 4.90 Å². The van der Waals surface area contributed by atoms with Crippen LogP contribution < -0.4 is 0 Å². The van der Waals surface area contributed by atoms with E-state index < -0.39 is 5.97 Å². The van der Waals surface area contributed by atoms with Crippen molar-refractivity contribution in [3.8, 4) is 0 Å². The van der Waals surface area contributed by atoms with E-state index in [9.17, 15) is 4.79 Å². The third-order valence-electron chi connectivity index (χ3n) is 1.68. The van der Waals surface area contributed by atoms with Gasteiger partial charge in [0, 0.05) is 12.6 Å². The van der Waals surface area contributed by atoms with Crippen molar-refractivity contribution < 1.29 is 14.7 Å². The Kier molecular flexibility index (Phi) is 2.52. The summed E-state index contributed by atoms with van der Waals surface area (Å²) in [6.45, 7) is 4.68. The van der Waals surface area contributed by atoms with E-state index in [1.807, 2.05) is 6.92 Å². The minimum absolute atomic E-state index is 0.00403. The molecule has 0 saturated carbocycles. The number of carbonyl (C=O) groups excluding carboxylic acids is 1. The molecule has 1 aliphatic rings. The first-order valence-electron chi connectivity index (χ1n) is 3.86. The molecule has 5 heteroatoms. The largest absolute Gasteiger partial charge is 0.460 e. The molecule has 0 aliphatic carbocycles. The van der Waals surface area contributed by atoms with Crippen LogP contribution >= 0.6 is 0 Å². The van der Waals surface area contributed by atoms with E-state index in [0.717, 1.165) is 6.54 Å². The van der Waals surface area contributed by atoms with E-state index in [0.29, 0.717) is 6.61 Å². The molecule has 1 saturated heterocycles. The number of carbonyl (C=O) groups is 1. The Morgan fingerprint density at radius 1 is 1.83 bits per heavy atom. The van der Waals surface area contributed by atoms with E-state index in [4.69, 9.17) is 5.21 Å². The zero-order valence-electron chi connectivity index (χ0n) is 7.15. The third kappa shape index (κ3) is 1.66. The predicted octanol–water partition coefficient (Wildman–Crippen LogP) is 0.0413. The maximum atomic E-state index is 11.0. The molecule has 1 unspecified atom stereocenters. The van der Waals surface area contributed by atoms with Gasteiger partial charge >= 0.3 is 5.97 Å². The molecular formula is C7H12N2O3. The van der Waals surface area contributed by atoms with Crippen LogP contribution in [0.1, 0.15) is 13.8 Å². The van der Waals surface area contributed by atoms with Crippen LogP contribution in [0.2, 0.25) is 0 Å². The molecule has 0 radical (unpaired) electrons. The smallest absolute Gasteiger partial charge is 0.377 e. The van der Waals surface area contributed by atoms with Gasteiger partial charge in [0.25, 0.3) is 5.84 Å². The van der Waals surface area contributed by atoms with E-state index in [1.165, 1.54) is 0 Å². The van der Waals surface area contributed by atoms with Gasteiger partial charge in [-0.3, -0.25) is 0 Å². The number of nitrogens with zero attached hydrogens (tertiary/aromatic N) is 2. The fourth-order valence-electron chi connectivity index (χ4n) is 0.944. The zero-order valence-corrected chi connectivity index (χ0v) is 7.15. The molecular weight excluding hydrogens is 160 g/mol. The monoisotopic (exact) mass is 172 g/mol. The Morgan fingerprint density at radius 3 is 2.75 bits per heavy atom. The highest BCUT2D eigenvalue weighted by atomic mass is 16.5. The first-order chi connectivity index (χ1) is 5.70. The lowest BCUT2D eigenvalue weighted by Crippen LogP contribution is -2.26. The predicted molar refractivity (Wildman–Crippen MR) is 42.0 cm³/mol. The summed E-state index contributed by atoms with van der Waals surface area (Å²) in [7, 11) is 0. The fraction of sp³-hybridized carbons (Fsp3) is 0.714. The van der Waals surface area contributed by atoms with E-state index in [1.54, 1.807) is 11.8 Å². The minimum Gasteiger partial charge on any atom is -0.460 e. The normalized spacial score (nSPS) is 22.3. The summed E-state index contributed by atoms with van der Waals surface area (Å²) in [6.07, 6.45) is 0. The summed E-state index contributed by atoms with van der Waals surface area (Å²) in [5.41, 5.74) is 0. The molecule has 1 atom stereocenters. The number of amidine groups is 1. The second kappa shape index (κ2) is 3.42. The quantitative estimate of drug-likeness (QED) is 0.151. The minimum atomic E-state index is -0.565. The molecule has 1 N–H and O–H groups in total. The molecule has 0 aromatic heterocycles. The van der Waals surface area contributed by atoms with E-state index >= 15 is 0 Å². The molecule has 1 fully saturated rings. The Balaban J connectivity index is 2.52. The number of hydrogen-bond acceptors (Lipinski definition) is 4. The highest BCUT2D eigenvalue weighted by molar-refractivity contribution is 6.35. The van der Waals surface area contributed by atoms with Gasteiger partial charge in [-0.05, 0) is 13.8 Å². The van der Waals surface area contributed by atoms with Crippen molar-refractivity contribution >= 4 is 11.8 Å². The van der Waals surface area contributed by atoms with Crippen LogP contribution in [-0.2, 0) is 9.53 Å². The second-order valence-electron chi connectivity index (χ2n) is 2.65. The average molecular weight is 172 g/mol. The number of hydrogen-bond donors (Lipinski definition) is 1. The van der Waals surface area contributed by atoms with Crippen molar-refractivity contribution in [3.63, 3.8) is 0 Å². The van der Waals surface area contributed by atoms with Gasteiger partial charge in [0.15, 0.2) is 0 Å². The standard InChI is InChI=1S/C7H12N2O3/c1-3-12-7(10)6(8-11)9-4-5(9)2/h5,11H,3-4H2,1-2H3/b8-6-. The highest BCUT2D eigenvalue weighted by Gasteiger charge is 2.37. The molecule has 1 aliphatic heterocycles. The topological polar surface area (TPSA) is 61.9 Å². The molecule has 0 bridgehead atoms. The molecule has 0 spiro atoms. The number of rotatable bonds is 1. The van der Waals surface area contributed by atoms with Crippen LogP contribution in [0.25, 0.3) is 0 Å². The zero-order chi connectivity index (χ0) is 9.14. The van der Waals surface area contributed by atoms with Crippen molar-refractivity contribution in [2.24, 2.45) is 5.16 Å². The van der Waals surface area contributed by atoms with Crippen molar-refractivity contribution in [2.75, 3.05) is 13.2 Å². The van der Waals surface area contributed by atoms with Gasteiger partial charge < -0.3 is 14.8 Å². The molecule has 12 heavy (non-hydrogen) atoms. The lowest BCUT2D eigenvalue weighted by atomic mass is 10.5. The molecule has 68 valence electrons. The van der Waals surface area contributed by atoms with Gasteiger partial charge in [-0.2, -0.15) is 0 Å². The van der Waals surface area contributed by atoms with E-state index in [-0.39, 0.29) is 11.9 Å². The van der Waals surface area contributed by atoms with Crippen LogP contribution in [-0.4, -0.2) is 41.1 Å². The molecule has 5 nitrogen and oxygen atoms in total.